The molecule has 0 unspecified atom stereocenters. The Bertz CT molecular complexity index is 974. The Hall–Kier alpha value is -3.22. The maximum atomic E-state index is 12.9. The average Bonchev–Trinajstić information content (AvgIpc) is 2.98. The molecule has 0 saturated carbocycles. The smallest absolute Gasteiger partial charge is 0.215 e. The molecule has 0 aliphatic heterocycles. The fourth-order valence-corrected chi connectivity index (χ4v) is 2.70. The van der Waals surface area contributed by atoms with Crippen molar-refractivity contribution in [3.8, 4) is 5.75 Å². The molecule has 0 radical (unpaired) electrons. The van der Waals surface area contributed by atoms with Crippen LogP contribution in [-0.2, 0) is 11.3 Å². The van der Waals surface area contributed by atoms with Gasteiger partial charge in [-0.25, -0.2) is 4.98 Å². The third-order valence-electron chi connectivity index (χ3n) is 4.01. The molecule has 0 N–H and O–H groups in total. The molecule has 0 amide bonds. The van der Waals surface area contributed by atoms with Crippen LogP contribution in [-0.4, -0.2) is 47.5 Å². The van der Waals surface area contributed by atoms with E-state index in [4.69, 9.17) is 4.74 Å². The number of hydrogen-bond donors (Lipinski definition) is 0. The number of ether oxygens (including phenoxy) is 1. The van der Waals surface area contributed by atoms with Gasteiger partial charge in [-0.15, -0.1) is 0 Å². The Morgan fingerprint density at radius 1 is 1.19 bits per heavy atom. The summed E-state index contributed by atoms with van der Waals surface area (Å²) in [6.45, 7) is 1.58. The molecule has 0 bridgehead atoms. The molecule has 3 rings (SSSR count). The predicted molar refractivity (Wildman–Crippen MR) is 99.0 cm³/mol. The van der Waals surface area contributed by atoms with E-state index >= 15 is 0 Å². The van der Waals surface area contributed by atoms with Gasteiger partial charge >= 0.3 is 0 Å². The minimum absolute atomic E-state index is 0.0479. The van der Waals surface area contributed by atoms with Crippen molar-refractivity contribution in [2.24, 2.45) is 0 Å². The molecule has 0 aliphatic rings. The molecule has 0 atom stereocenters. The van der Waals surface area contributed by atoms with Crippen LogP contribution in [0.4, 0.5) is 5.82 Å². The van der Waals surface area contributed by atoms with Crippen LogP contribution in [0.25, 0.3) is 10.9 Å². The molecule has 0 saturated heterocycles. The Balaban J connectivity index is 2.08. The van der Waals surface area contributed by atoms with Crippen molar-refractivity contribution in [2.45, 2.75) is 13.5 Å². The number of nitrogens with zero attached hydrogens (tertiary/aromatic N) is 4. The molecule has 7 heteroatoms. The number of benzene rings is 1. The van der Waals surface area contributed by atoms with Gasteiger partial charge in [-0.3, -0.25) is 14.3 Å². The Morgan fingerprint density at radius 2 is 1.96 bits per heavy atom. The molecule has 0 spiro atoms. The second-order valence-corrected chi connectivity index (χ2v) is 6.22. The molecule has 7 nitrogen and oxygen atoms in total. The molecule has 26 heavy (non-hydrogen) atoms. The summed E-state index contributed by atoms with van der Waals surface area (Å²) in [5.74, 6) is 1.12. The van der Waals surface area contributed by atoms with Crippen LogP contribution < -0.4 is 9.64 Å². The summed E-state index contributed by atoms with van der Waals surface area (Å²) in [4.78, 5) is 30.7. The molecule has 3 aromatic rings. The van der Waals surface area contributed by atoms with Gasteiger partial charge in [-0.05, 0) is 31.2 Å². The van der Waals surface area contributed by atoms with E-state index in [0.717, 1.165) is 5.82 Å². The van der Waals surface area contributed by atoms with Crippen LogP contribution in [0.2, 0.25) is 0 Å². The summed E-state index contributed by atoms with van der Waals surface area (Å²) < 4.78 is 6.78. The van der Waals surface area contributed by atoms with Gasteiger partial charge in [0.15, 0.2) is 5.78 Å². The first-order chi connectivity index (χ1) is 12.4. The first-order valence-corrected chi connectivity index (χ1v) is 8.12. The summed E-state index contributed by atoms with van der Waals surface area (Å²) >= 11 is 0. The number of ketones is 2. The SMILES string of the molecule is COc1ccc2c(C(=O)c3ccc(N(C)C)nc3)nn(CC(C)=O)c2c1. The van der Waals surface area contributed by atoms with E-state index in [2.05, 4.69) is 10.1 Å². The van der Waals surface area contributed by atoms with Crippen LogP contribution >= 0.6 is 0 Å². The highest BCUT2D eigenvalue weighted by Gasteiger charge is 2.20. The Kier molecular flexibility index (Phi) is 4.71. The van der Waals surface area contributed by atoms with E-state index in [9.17, 15) is 9.59 Å². The zero-order valence-electron chi connectivity index (χ0n) is 15.2. The minimum Gasteiger partial charge on any atom is -0.497 e. The molecule has 0 aliphatic carbocycles. The third kappa shape index (κ3) is 3.28. The van der Waals surface area contributed by atoms with Gasteiger partial charge in [0.25, 0.3) is 0 Å². The van der Waals surface area contributed by atoms with Crippen molar-refractivity contribution >= 4 is 28.3 Å². The summed E-state index contributed by atoms with van der Waals surface area (Å²) in [6, 6.07) is 8.84. The first kappa shape index (κ1) is 17.6. The number of rotatable bonds is 6. The molecule has 2 heterocycles. The molecular weight excluding hydrogens is 332 g/mol. The van der Waals surface area contributed by atoms with Crippen molar-refractivity contribution in [2.75, 3.05) is 26.1 Å². The number of anilines is 1. The molecular formula is C19H20N4O3. The number of pyridine rings is 1. The standard InChI is InChI=1S/C19H20N4O3/c1-12(24)11-23-16-9-14(26-4)6-7-15(16)18(21-23)19(25)13-5-8-17(20-10-13)22(2)3/h5-10H,11H2,1-4H3. The second-order valence-electron chi connectivity index (χ2n) is 6.22. The number of hydrogen-bond acceptors (Lipinski definition) is 6. The quantitative estimate of drug-likeness (QED) is 0.634. The van der Waals surface area contributed by atoms with Crippen LogP contribution in [0.15, 0.2) is 36.5 Å². The third-order valence-corrected chi connectivity index (χ3v) is 4.01. The van der Waals surface area contributed by atoms with Crippen LogP contribution in [0, 0.1) is 0 Å². The van der Waals surface area contributed by atoms with Crippen LogP contribution in [0.3, 0.4) is 0 Å². The molecule has 134 valence electrons. The van der Waals surface area contributed by atoms with E-state index in [1.807, 2.05) is 19.0 Å². The van der Waals surface area contributed by atoms with Crippen molar-refractivity contribution in [3.05, 3.63) is 47.8 Å². The fraction of sp³-hybridized carbons (Fsp3) is 0.263. The van der Waals surface area contributed by atoms with Crippen molar-refractivity contribution < 1.29 is 14.3 Å². The average molecular weight is 352 g/mol. The number of methoxy groups -OCH3 is 1. The van der Waals surface area contributed by atoms with E-state index in [1.54, 1.807) is 37.4 Å². The normalized spacial score (nSPS) is 10.8. The maximum Gasteiger partial charge on any atom is 0.215 e. The summed E-state index contributed by atoms with van der Waals surface area (Å²) in [5.41, 5.74) is 1.42. The van der Waals surface area contributed by atoms with E-state index in [0.29, 0.717) is 27.9 Å². The number of fused-ring (bicyclic) bond motifs is 1. The number of aromatic nitrogens is 3. The molecule has 2 aromatic heterocycles. The minimum atomic E-state index is -0.236. The molecule has 1 aromatic carbocycles. The highest BCUT2D eigenvalue weighted by Crippen LogP contribution is 2.26. The highest BCUT2D eigenvalue weighted by atomic mass is 16.5. The largest absolute Gasteiger partial charge is 0.497 e. The van der Waals surface area contributed by atoms with Gasteiger partial charge in [0.05, 0.1) is 19.2 Å². The van der Waals surface area contributed by atoms with Gasteiger partial charge in [0.1, 0.15) is 17.3 Å². The van der Waals surface area contributed by atoms with Crippen LogP contribution in [0.5, 0.6) is 5.75 Å². The highest BCUT2D eigenvalue weighted by molar-refractivity contribution is 6.15. The van der Waals surface area contributed by atoms with Gasteiger partial charge in [-0.1, -0.05) is 0 Å². The fourth-order valence-electron chi connectivity index (χ4n) is 2.70. The van der Waals surface area contributed by atoms with Crippen molar-refractivity contribution in [1.82, 2.24) is 14.8 Å². The lowest BCUT2D eigenvalue weighted by Crippen LogP contribution is -2.12. The van der Waals surface area contributed by atoms with Gasteiger partial charge < -0.3 is 9.64 Å². The zero-order valence-corrected chi connectivity index (χ0v) is 15.2. The zero-order chi connectivity index (χ0) is 18.8. The summed E-state index contributed by atoms with van der Waals surface area (Å²) in [7, 11) is 5.33. The lowest BCUT2D eigenvalue weighted by Gasteiger charge is -2.10. The van der Waals surface area contributed by atoms with Gasteiger partial charge in [0, 0.05) is 37.3 Å². The predicted octanol–water partition coefficient (Wildman–Crippen LogP) is 2.33. The topological polar surface area (TPSA) is 77.3 Å². The number of carbonyl (C=O) groups excluding carboxylic acids is 2. The van der Waals surface area contributed by atoms with E-state index < -0.39 is 0 Å². The maximum absolute atomic E-state index is 12.9. The van der Waals surface area contributed by atoms with Crippen molar-refractivity contribution in [3.63, 3.8) is 0 Å². The molecule has 0 fully saturated rings. The van der Waals surface area contributed by atoms with Crippen LogP contribution in [0.1, 0.15) is 23.0 Å². The van der Waals surface area contributed by atoms with E-state index in [-0.39, 0.29) is 18.1 Å². The van der Waals surface area contributed by atoms with Crippen molar-refractivity contribution in [1.29, 1.82) is 0 Å². The number of Topliss-reactive ketones (excluding diaryl/α,β-unsaturated/α-hetero) is 1. The lowest BCUT2D eigenvalue weighted by molar-refractivity contribution is -0.117. The monoisotopic (exact) mass is 352 g/mol. The Labute approximate surface area is 151 Å². The summed E-state index contributed by atoms with van der Waals surface area (Å²) in [6.07, 6.45) is 1.54. The Morgan fingerprint density at radius 3 is 2.54 bits per heavy atom. The lowest BCUT2D eigenvalue weighted by atomic mass is 10.1. The first-order valence-electron chi connectivity index (χ1n) is 8.12. The van der Waals surface area contributed by atoms with Gasteiger partial charge in [0.2, 0.25) is 5.78 Å². The van der Waals surface area contributed by atoms with E-state index in [1.165, 1.54) is 17.8 Å². The number of carbonyl (C=O) groups is 2. The summed E-state index contributed by atoms with van der Waals surface area (Å²) in [5, 5.41) is 5.07. The van der Waals surface area contributed by atoms with Gasteiger partial charge in [-0.2, -0.15) is 5.10 Å². The second kappa shape index (κ2) is 6.95.